The number of hydrogen-bond acceptors (Lipinski definition) is 4. The Hall–Kier alpha value is -1.51. The number of benzene rings is 1. The van der Waals surface area contributed by atoms with Crippen molar-refractivity contribution in [2.45, 2.75) is 0 Å². The normalized spacial score (nSPS) is 16.6. The van der Waals surface area contributed by atoms with Gasteiger partial charge in [0.2, 0.25) is 10.0 Å². The van der Waals surface area contributed by atoms with E-state index in [4.69, 9.17) is 4.74 Å². The Kier molecular flexibility index (Phi) is 5.27. The van der Waals surface area contributed by atoms with Gasteiger partial charge in [0.25, 0.3) is 5.91 Å². The molecule has 1 N–H and O–H groups in total. The number of nitrogens with one attached hydrogen (secondary N) is 1. The van der Waals surface area contributed by atoms with Gasteiger partial charge in [-0.3, -0.25) is 4.79 Å². The van der Waals surface area contributed by atoms with Crippen molar-refractivity contribution < 1.29 is 22.3 Å². The first-order valence-electron chi connectivity index (χ1n) is 6.59. The fourth-order valence-corrected chi connectivity index (χ4v) is 3.31. The van der Waals surface area contributed by atoms with E-state index in [0.717, 1.165) is 0 Å². The van der Waals surface area contributed by atoms with Gasteiger partial charge in [0.05, 0.1) is 24.5 Å². The third-order valence-corrected chi connectivity index (χ3v) is 5.00. The third-order valence-electron chi connectivity index (χ3n) is 3.13. The Morgan fingerprint density at radius 1 is 1.29 bits per heavy atom. The lowest BCUT2D eigenvalue weighted by molar-refractivity contribution is 0.0730. The number of amides is 1. The van der Waals surface area contributed by atoms with Gasteiger partial charge in [-0.2, -0.15) is 4.31 Å². The smallest absolute Gasteiger partial charge is 0.254 e. The van der Waals surface area contributed by atoms with Crippen LogP contribution < -0.4 is 5.32 Å². The summed E-state index contributed by atoms with van der Waals surface area (Å²) in [5, 5.41) is 2.42. The second-order valence-electron chi connectivity index (χ2n) is 4.56. The van der Waals surface area contributed by atoms with Crippen LogP contribution in [0.1, 0.15) is 10.4 Å². The van der Waals surface area contributed by atoms with Crippen LogP contribution in [-0.2, 0) is 14.8 Å². The number of nitrogens with zero attached hydrogens (tertiary/aromatic N) is 1. The van der Waals surface area contributed by atoms with Gasteiger partial charge in [-0.1, -0.05) is 12.1 Å². The zero-order chi connectivity index (χ0) is 15.3. The number of rotatable bonds is 5. The molecular formula is C13H17FN2O4S. The largest absolute Gasteiger partial charge is 0.379 e. The van der Waals surface area contributed by atoms with Crippen LogP contribution >= 0.6 is 0 Å². The Labute approximate surface area is 122 Å². The molecule has 6 nitrogen and oxygen atoms in total. The molecule has 0 bridgehead atoms. The van der Waals surface area contributed by atoms with Crippen LogP contribution in [0.15, 0.2) is 24.3 Å². The van der Waals surface area contributed by atoms with Gasteiger partial charge in [-0.15, -0.1) is 0 Å². The highest BCUT2D eigenvalue weighted by Gasteiger charge is 2.24. The van der Waals surface area contributed by atoms with E-state index in [-0.39, 0.29) is 17.9 Å². The quantitative estimate of drug-likeness (QED) is 0.843. The first-order valence-corrected chi connectivity index (χ1v) is 8.20. The maximum Gasteiger partial charge on any atom is 0.254 e. The van der Waals surface area contributed by atoms with E-state index in [1.165, 1.54) is 22.5 Å². The van der Waals surface area contributed by atoms with Crippen LogP contribution in [0.5, 0.6) is 0 Å². The van der Waals surface area contributed by atoms with E-state index in [1.807, 2.05) is 0 Å². The lowest BCUT2D eigenvalue weighted by atomic mass is 10.2. The number of morpholine rings is 1. The fraction of sp³-hybridized carbons (Fsp3) is 0.462. The summed E-state index contributed by atoms with van der Waals surface area (Å²) in [6, 6.07) is 5.55. The van der Waals surface area contributed by atoms with Crippen LogP contribution in [0.3, 0.4) is 0 Å². The van der Waals surface area contributed by atoms with Crippen molar-refractivity contribution in [1.29, 1.82) is 0 Å². The maximum atomic E-state index is 13.4. The number of carbonyl (C=O) groups excluding carboxylic acids is 1. The van der Waals surface area contributed by atoms with Crippen LogP contribution in [0, 0.1) is 5.82 Å². The van der Waals surface area contributed by atoms with Crippen molar-refractivity contribution in [3.63, 3.8) is 0 Å². The molecule has 1 aromatic rings. The summed E-state index contributed by atoms with van der Waals surface area (Å²) >= 11 is 0. The molecule has 0 saturated carbocycles. The van der Waals surface area contributed by atoms with Gasteiger partial charge < -0.3 is 10.1 Å². The van der Waals surface area contributed by atoms with Crippen molar-refractivity contribution in [3.8, 4) is 0 Å². The zero-order valence-corrected chi connectivity index (χ0v) is 12.2. The summed E-state index contributed by atoms with van der Waals surface area (Å²) in [6.45, 7) is 1.33. The van der Waals surface area contributed by atoms with E-state index < -0.39 is 21.7 Å². The molecule has 8 heteroatoms. The van der Waals surface area contributed by atoms with Crippen molar-refractivity contribution in [2.75, 3.05) is 38.6 Å². The molecule has 1 aliphatic rings. The van der Waals surface area contributed by atoms with Crippen molar-refractivity contribution >= 4 is 15.9 Å². The first kappa shape index (κ1) is 15.9. The highest BCUT2D eigenvalue weighted by molar-refractivity contribution is 7.89. The standard InChI is InChI=1S/C13H17FN2O4S/c14-12-4-2-1-3-11(12)13(17)15-5-10-21(18,19)16-6-8-20-9-7-16/h1-4H,5-10H2,(H,15,17). The van der Waals surface area contributed by atoms with Crippen LogP contribution in [0.2, 0.25) is 0 Å². The van der Waals surface area contributed by atoms with Crippen LogP contribution in [0.25, 0.3) is 0 Å². The topological polar surface area (TPSA) is 75.7 Å². The van der Waals surface area contributed by atoms with Crippen molar-refractivity contribution in [1.82, 2.24) is 9.62 Å². The molecule has 0 unspecified atom stereocenters. The highest BCUT2D eigenvalue weighted by Crippen LogP contribution is 2.07. The Balaban J connectivity index is 1.86. The first-order chi connectivity index (χ1) is 10.0. The van der Waals surface area contributed by atoms with E-state index in [0.29, 0.717) is 26.3 Å². The molecule has 0 radical (unpaired) electrons. The second-order valence-corrected chi connectivity index (χ2v) is 6.65. The molecule has 0 aromatic heterocycles. The Morgan fingerprint density at radius 2 is 1.95 bits per heavy atom. The minimum atomic E-state index is -3.43. The van der Waals surface area contributed by atoms with Crippen molar-refractivity contribution in [2.24, 2.45) is 0 Å². The molecule has 1 aromatic carbocycles. The minimum absolute atomic E-state index is 0.0626. The van der Waals surface area contributed by atoms with Crippen LogP contribution in [-0.4, -0.2) is 57.2 Å². The summed E-state index contributed by atoms with van der Waals surface area (Å²) in [5.74, 6) is -1.47. The lowest BCUT2D eigenvalue weighted by Crippen LogP contribution is -2.43. The molecule has 1 aliphatic heterocycles. The van der Waals surface area contributed by atoms with Gasteiger partial charge in [0.1, 0.15) is 5.82 Å². The molecule has 116 valence electrons. The summed E-state index contributed by atoms with van der Waals surface area (Å²) < 4.78 is 43.9. The van der Waals surface area contributed by atoms with E-state index in [1.54, 1.807) is 6.07 Å². The van der Waals surface area contributed by atoms with Gasteiger partial charge in [-0.05, 0) is 12.1 Å². The monoisotopic (exact) mass is 316 g/mol. The number of halogens is 1. The van der Waals surface area contributed by atoms with Crippen LogP contribution in [0.4, 0.5) is 4.39 Å². The predicted molar refractivity (Wildman–Crippen MR) is 74.9 cm³/mol. The van der Waals surface area contributed by atoms with Gasteiger partial charge in [0, 0.05) is 19.6 Å². The molecule has 1 saturated heterocycles. The minimum Gasteiger partial charge on any atom is -0.379 e. The predicted octanol–water partition coefficient (Wildman–Crippen LogP) is 0.218. The molecule has 0 spiro atoms. The molecule has 0 atom stereocenters. The van der Waals surface area contributed by atoms with Gasteiger partial charge in [0.15, 0.2) is 0 Å². The van der Waals surface area contributed by atoms with E-state index in [2.05, 4.69) is 5.32 Å². The van der Waals surface area contributed by atoms with E-state index >= 15 is 0 Å². The number of carbonyl (C=O) groups is 1. The third kappa shape index (κ3) is 4.23. The Bertz CT molecular complexity index is 600. The maximum absolute atomic E-state index is 13.4. The van der Waals surface area contributed by atoms with Gasteiger partial charge >= 0.3 is 0 Å². The summed E-state index contributed by atoms with van der Waals surface area (Å²) in [5.41, 5.74) is -0.0960. The lowest BCUT2D eigenvalue weighted by Gasteiger charge is -2.26. The number of hydrogen-bond donors (Lipinski definition) is 1. The van der Waals surface area contributed by atoms with Crippen molar-refractivity contribution in [3.05, 3.63) is 35.6 Å². The zero-order valence-electron chi connectivity index (χ0n) is 11.4. The summed E-state index contributed by atoms with van der Waals surface area (Å²) in [6.07, 6.45) is 0. The fourth-order valence-electron chi connectivity index (χ4n) is 1.99. The summed E-state index contributed by atoms with van der Waals surface area (Å²) in [7, 11) is -3.43. The molecular weight excluding hydrogens is 299 g/mol. The molecule has 1 fully saturated rings. The SMILES string of the molecule is O=C(NCCS(=O)(=O)N1CCOCC1)c1ccccc1F. The average molecular weight is 316 g/mol. The molecule has 2 rings (SSSR count). The highest BCUT2D eigenvalue weighted by atomic mass is 32.2. The Morgan fingerprint density at radius 3 is 2.62 bits per heavy atom. The molecule has 0 aliphatic carbocycles. The molecule has 1 heterocycles. The number of sulfonamides is 1. The molecule has 21 heavy (non-hydrogen) atoms. The second kappa shape index (κ2) is 6.97. The van der Waals surface area contributed by atoms with Gasteiger partial charge in [-0.25, -0.2) is 12.8 Å². The average Bonchev–Trinajstić information content (AvgIpc) is 2.48. The molecule has 1 amide bonds. The number of ether oxygens (including phenoxy) is 1. The van der Waals surface area contributed by atoms with E-state index in [9.17, 15) is 17.6 Å². The summed E-state index contributed by atoms with van der Waals surface area (Å²) in [4.78, 5) is 11.7.